The Balaban J connectivity index is 2.31. The van der Waals surface area contributed by atoms with E-state index in [1.54, 1.807) is 0 Å². The predicted molar refractivity (Wildman–Crippen MR) is 40.4 cm³/mol. The fraction of sp³-hybridized carbons (Fsp3) is 0.750. The highest BCUT2D eigenvalue weighted by molar-refractivity contribution is 4.85. The Morgan fingerprint density at radius 2 is 2.44 bits per heavy atom. The molecule has 0 bridgehead atoms. The molecule has 0 spiro atoms. The molecule has 0 aliphatic carbocycles. The Kier molecular flexibility index (Phi) is 2.29. The molecule has 0 aromatic carbocycles. The maximum Gasteiger partial charge on any atom is 0.00443 e. The molecule has 1 aliphatic rings. The molecule has 0 aromatic heterocycles. The summed E-state index contributed by atoms with van der Waals surface area (Å²) in [6, 6.07) is 0.696. The third-order valence-corrected chi connectivity index (χ3v) is 2.00. The number of rotatable bonds is 1. The summed E-state index contributed by atoms with van der Waals surface area (Å²) in [7, 11) is 0. The summed E-state index contributed by atoms with van der Waals surface area (Å²) in [5.41, 5.74) is 0. The minimum Gasteiger partial charge on any atom is -0.314 e. The molecule has 2 atom stereocenters. The highest BCUT2D eigenvalue weighted by Gasteiger charge is 2.14. The van der Waals surface area contributed by atoms with Crippen LogP contribution in [0.4, 0.5) is 0 Å². The second-order valence-corrected chi connectivity index (χ2v) is 2.88. The first-order chi connectivity index (χ1) is 4.33. The largest absolute Gasteiger partial charge is 0.314 e. The van der Waals surface area contributed by atoms with Gasteiger partial charge in [-0.25, -0.2) is 0 Å². The summed E-state index contributed by atoms with van der Waals surface area (Å²) in [4.78, 5) is 0. The Bertz CT molecular complexity index is 98.7. The van der Waals surface area contributed by atoms with E-state index in [2.05, 4.69) is 24.9 Å². The molecule has 1 N–H and O–H groups in total. The van der Waals surface area contributed by atoms with Crippen LogP contribution in [-0.2, 0) is 0 Å². The van der Waals surface area contributed by atoms with Crippen LogP contribution in [0.3, 0.4) is 0 Å². The van der Waals surface area contributed by atoms with Gasteiger partial charge < -0.3 is 5.32 Å². The molecular formula is C8H15N. The summed E-state index contributed by atoms with van der Waals surface area (Å²) in [5, 5.41) is 3.40. The van der Waals surface area contributed by atoms with Crippen molar-refractivity contribution in [2.45, 2.75) is 25.8 Å². The summed E-state index contributed by atoms with van der Waals surface area (Å²) in [6.45, 7) is 7.19. The second-order valence-electron chi connectivity index (χ2n) is 2.88. The second kappa shape index (κ2) is 3.02. The summed E-state index contributed by atoms with van der Waals surface area (Å²) in [5.74, 6) is 0.765. The lowest BCUT2D eigenvalue weighted by Crippen LogP contribution is -2.34. The van der Waals surface area contributed by atoms with E-state index in [0.717, 1.165) is 12.5 Å². The molecule has 2 unspecified atom stereocenters. The van der Waals surface area contributed by atoms with Crippen molar-refractivity contribution in [3.63, 3.8) is 0 Å². The van der Waals surface area contributed by atoms with E-state index in [1.807, 2.05) is 0 Å². The number of allylic oxidation sites excluding steroid dienone is 1. The molecule has 0 radical (unpaired) electrons. The van der Waals surface area contributed by atoms with E-state index < -0.39 is 0 Å². The van der Waals surface area contributed by atoms with Gasteiger partial charge in [0, 0.05) is 6.04 Å². The molecule has 52 valence electrons. The quantitative estimate of drug-likeness (QED) is 0.524. The van der Waals surface area contributed by atoms with E-state index in [9.17, 15) is 0 Å². The van der Waals surface area contributed by atoms with Crippen LogP contribution in [0.1, 0.15) is 19.8 Å². The van der Waals surface area contributed by atoms with Crippen molar-refractivity contribution in [2.24, 2.45) is 5.92 Å². The first-order valence-electron chi connectivity index (χ1n) is 3.69. The van der Waals surface area contributed by atoms with E-state index in [1.165, 1.54) is 12.8 Å². The van der Waals surface area contributed by atoms with E-state index >= 15 is 0 Å². The Morgan fingerprint density at radius 3 is 2.89 bits per heavy atom. The molecule has 9 heavy (non-hydrogen) atoms. The van der Waals surface area contributed by atoms with Crippen LogP contribution in [-0.4, -0.2) is 12.6 Å². The molecule has 1 rings (SSSR count). The Hall–Kier alpha value is -0.300. The zero-order chi connectivity index (χ0) is 6.69. The highest BCUT2D eigenvalue weighted by atomic mass is 14.9. The van der Waals surface area contributed by atoms with Gasteiger partial charge in [-0.15, -0.1) is 6.58 Å². The Morgan fingerprint density at radius 1 is 1.67 bits per heavy atom. The van der Waals surface area contributed by atoms with Crippen molar-refractivity contribution in [1.82, 2.24) is 5.32 Å². The molecule has 1 saturated heterocycles. The summed E-state index contributed by atoms with van der Waals surface area (Å²) < 4.78 is 0. The van der Waals surface area contributed by atoms with Gasteiger partial charge in [-0.05, 0) is 32.2 Å². The normalized spacial score (nSPS) is 36.1. The van der Waals surface area contributed by atoms with Crippen LogP contribution in [0.5, 0.6) is 0 Å². The van der Waals surface area contributed by atoms with Crippen molar-refractivity contribution in [1.29, 1.82) is 0 Å². The molecule has 1 fully saturated rings. The van der Waals surface area contributed by atoms with Crippen LogP contribution in [0.2, 0.25) is 0 Å². The first-order valence-corrected chi connectivity index (χ1v) is 3.69. The van der Waals surface area contributed by atoms with Crippen LogP contribution in [0.15, 0.2) is 12.7 Å². The average molecular weight is 125 g/mol. The number of nitrogens with one attached hydrogen (secondary N) is 1. The van der Waals surface area contributed by atoms with Crippen LogP contribution in [0.25, 0.3) is 0 Å². The third-order valence-electron chi connectivity index (χ3n) is 2.00. The summed E-state index contributed by atoms with van der Waals surface area (Å²) in [6.07, 6.45) is 4.62. The minimum atomic E-state index is 0.696. The fourth-order valence-electron chi connectivity index (χ4n) is 1.38. The van der Waals surface area contributed by atoms with Crippen molar-refractivity contribution in [2.75, 3.05) is 6.54 Å². The van der Waals surface area contributed by atoms with Crippen molar-refractivity contribution in [3.8, 4) is 0 Å². The van der Waals surface area contributed by atoms with Crippen LogP contribution in [0, 0.1) is 5.92 Å². The van der Waals surface area contributed by atoms with Gasteiger partial charge in [0.1, 0.15) is 0 Å². The molecule has 0 saturated carbocycles. The van der Waals surface area contributed by atoms with Crippen molar-refractivity contribution < 1.29 is 0 Å². The maximum atomic E-state index is 3.79. The van der Waals surface area contributed by atoms with Gasteiger partial charge in [0.25, 0.3) is 0 Å². The van der Waals surface area contributed by atoms with E-state index in [-0.39, 0.29) is 0 Å². The topological polar surface area (TPSA) is 12.0 Å². The smallest absolute Gasteiger partial charge is 0.00443 e. The number of hydrogen-bond donors (Lipinski definition) is 1. The van der Waals surface area contributed by atoms with Gasteiger partial charge in [0.2, 0.25) is 0 Å². The Labute approximate surface area is 57.1 Å². The summed E-state index contributed by atoms with van der Waals surface area (Å²) >= 11 is 0. The lowest BCUT2D eigenvalue weighted by atomic mass is 9.94. The lowest BCUT2D eigenvalue weighted by Gasteiger charge is -2.25. The van der Waals surface area contributed by atoms with E-state index in [4.69, 9.17) is 0 Å². The van der Waals surface area contributed by atoms with Gasteiger partial charge in [0.15, 0.2) is 0 Å². The van der Waals surface area contributed by atoms with Gasteiger partial charge in [-0.1, -0.05) is 6.08 Å². The fourth-order valence-corrected chi connectivity index (χ4v) is 1.38. The molecule has 0 aromatic rings. The molecule has 1 heterocycles. The van der Waals surface area contributed by atoms with Crippen molar-refractivity contribution in [3.05, 3.63) is 12.7 Å². The minimum absolute atomic E-state index is 0.696. The van der Waals surface area contributed by atoms with Gasteiger partial charge in [0.05, 0.1) is 0 Å². The molecule has 0 amide bonds. The molecular weight excluding hydrogens is 110 g/mol. The lowest BCUT2D eigenvalue weighted by molar-refractivity contribution is 0.362. The molecule has 1 aliphatic heterocycles. The number of piperidine rings is 1. The van der Waals surface area contributed by atoms with Gasteiger partial charge in [-0.2, -0.15) is 0 Å². The SMILES string of the molecule is C=CC1CCNC(C)C1. The predicted octanol–water partition coefficient (Wildman–Crippen LogP) is 1.56. The van der Waals surface area contributed by atoms with Crippen molar-refractivity contribution >= 4 is 0 Å². The first kappa shape index (κ1) is 6.81. The monoisotopic (exact) mass is 125 g/mol. The molecule has 1 heteroatoms. The standard InChI is InChI=1S/C8H15N/c1-3-8-4-5-9-7(2)6-8/h3,7-9H,1,4-6H2,2H3. The van der Waals surface area contributed by atoms with E-state index in [0.29, 0.717) is 6.04 Å². The van der Waals surface area contributed by atoms with Crippen LogP contribution < -0.4 is 5.32 Å². The van der Waals surface area contributed by atoms with Gasteiger partial charge in [-0.3, -0.25) is 0 Å². The van der Waals surface area contributed by atoms with Gasteiger partial charge >= 0.3 is 0 Å². The highest BCUT2D eigenvalue weighted by Crippen LogP contribution is 2.15. The zero-order valence-corrected chi connectivity index (χ0v) is 6.06. The third kappa shape index (κ3) is 1.83. The molecule has 1 nitrogen and oxygen atoms in total. The number of hydrogen-bond acceptors (Lipinski definition) is 1. The van der Waals surface area contributed by atoms with Crippen LogP contribution >= 0.6 is 0 Å². The zero-order valence-electron chi connectivity index (χ0n) is 6.06. The maximum absolute atomic E-state index is 3.79. The average Bonchev–Trinajstić information content (AvgIpc) is 1.88.